The third kappa shape index (κ3) is 4.57. The fraction of sp³-hybridized carbons (Fsp3) is 1.00. The molecule has 0 fully saturated rings. The smallest absolute Gasteiger partial charge is 0.0823 e. The second-order valence-electron chi connectivity index (χ2n) is 0.781. The molecule has 0 amide bonds. The number of rotatable bonds is 2. The summed E-state index contributed by atoms with van der Waals surface area (Å²) in [5.41, 5.74) is 0. The Balaban J connectivity index is 2.19. The van der Waals surface area contributed by atoms with Crippen LogP contribution in [-0.2, 0) is 0 Å². The minimum Gasteiger partial charge on any atom is -0.194 e. The Morgan fingerprint density at radius 1 is 1.80 bits per heavy atom. The molecule has 0 aromatic rings. The first-order chi connectivity index (χ1) is 2.41. The fourth-order valence-electron chi connectivity index (χ4n) is 0.204. The van der Waals surface area contributed by atoms with Gasteiger partial charge >= 0.3 is 0 Å². The van der Waals surface area contributed by atoms with Crippen molar-refractivity contribution >= 4 is 19.9 Å². The first kappa shape index (κ1) is 5.57. The van der Waals surface area contributed by atoms with Crippen LogP contribution in [-0.4, -0.2) is 14.4 Å². The average molecular weight is 106 g/mol. The molecule has 0 atom stereocenters. The van der Waals surface area contributed by atoms with Crippen LogP contribution in [0.15, 0.2) is 0 Å². The maximum atomic E-state index is 2.31. The van der Waals surface area contributed by atoms with Crippen LogP contribution >= 0.6 is 11.2 Å². The standard InChI is InChI=1S/C3H10SSi/c1-3-4-5-2/h3,5H2,1-2H3. The Morgan fingerprint density at radius 3 is 2.40 bits per heavy atom. The zero-order valence-corrected chi connectivity index (χ0v) is 6.05. The van der Waals surface area contributed by atoms with Crippen molar-refractivity contribution < 1.29 is 0 Å². The van der Waals surface area contributed by atoms with Gasteiger partial charge in [-0.25, -0.2) is 0 Å². The molecule has 0 radical (unpaired) electrons. The maximum Gasteiger partial charge on any atom is 0.0823 e. The molecule has 0 saturated heterocycles. The highest BCUT2D eigenvalue weighted by atomic mass is 32.4. The molecule has 0 aliphatic heterocycles. The van der Waals surface area contributed by atoms with Gasteiger partial charge in [0, 0.05) is 0 Å². The minimum absolute atomic E-state index is 0.331. The molecule has 5 heavy (non-hydrogen) atoms. The van der Waals surface area contributed by atoms with E-state index >= 15 is 0 Å². The van der Waals surface area contributed by atoms with Gasteiger partial charge in [-0.2, -0.15) is 11.2 Å². The normalized spacial score (nSPS) is 10.8. The Morgan fingerprint density at radius 2 is 2.40 bits per heavy atom. The topological polar surface area (TPSA) is 0 Å². The van der Waals surface area contributed by atoms with Gasteiger partial charge in [0.2, 0.25) is 0 Å². The molecule has 0 aliphatic carbocycles. The summed E-state index contributed by atoms with van der Waals surface area (Å²) in [4.78, 5) is 0. The van der Waals surface area contributed by atoms with E-state index in [2.05, 4.69) is 24.7 Å². The van der Waals surface area contributed by atoms with E-state index in [-0.39, 0.29) is 0 Å². The van der Waals surface area contributed by atoms with E-state index < -0.39 is 0 Å². The zero-order valence-electron chi connectivity index (χ0n) is 3.82. The molecule has 0 rings (SSSR count). The lowest BCUT2D eigenvalue weighted by Crippen LogP contribution is -1.69. The highest BCUT2D eigenvalue weighted by Gasteiger charge is 1.68. The van der Waals surface area contributed by atoms with Crippen molar-refractivity contribution in [1.82, 2.24) is 0 Å². The summed E-state index contributed by atoms with van der Waals surface area (Å²) in [6, 6.07) is 0. The van der Waals surface area contributed by atoms with E-state index in [4.69, 9.17) is 0 Å². The van der Waals surface area contributed by atoms with Crippen LogP contribution in [0.3, 0.4) is 0 Å². The second kappa shape index (κ2) is 4.57. The van der Waals surface area contributed by atoms with E-state index in [1.54, 1.807) is 0 Å². The summed E-state index contributed by atoms with van der Waals surface area (Å²) in [5, 5.41) is 0. The quantitative estimate of drug-likeness (QED) is 0.471. The Kier molecular flexibility index (Phi) is 5.08. The fourth-order valence-corrected chi connectivity index (χ4v) is 1.84. The zero-order chi connectivity index (χ0) is 4.12. The van der Waals surface area contributed by atoms with E-state index in [9.17, 15) is 0 Å². The molecule has 0 aliphatic rings. The molecule has 0 nitrogen and oxygen atoms in total. The van der Waals surface area contributed by atoms with Gasteiger partial charge in [0.25, 0.3) is 0 Å². The highest BCUT2D eigenvalue weighted by molar-refractivity contribution is 8.22. The van der Waals surface area contributed by atoms with Crippen molar-refractivity contribution in [3.8, 4) is 0 Å². The van der Waals surface area contributed by atoms with Crippen LogP contribution in [0, 0.1) is 0 Å². The molecule has 2 heteroatoms. The number of hydrogen-bond donors (Lipinski definition) is 0. The summed E-state index contributed by atoms with van der Waals surface area (Å²) in [6.07, 6.45) is 0. The monoisotopic (exact) mass is 106 g/mol. The third-order valence-electron chi connectivity index (χ3n) is 0.408. The van der Waals surface area contributed by atoms with Gasteiger partial charge in [0.05, 0.1) is 8.67 Å². The molecular weight excluding hydrogens is 96.2 g/mol. The van der Waals surface area contributed by atoms with E-state index in [0.717, 1.165) is 0 Å². The third-order valence-corrected chi connectivity index (χ3v) is 3.67. The predicted octanol–water partition coefficient (Wildman–Crippen LogP) is 0.871. The van der Waals surface area contributed by atoms with Gasteiger partial charge in [0.1, 0.15) is 0 Å². The summed E-state index contributed by atoms with van der Waals surface area (Å²) in [7, 11) is 0.331. The first-order valence-corrected chi connectivity index (χ1v) is 6.29. The van der Waals surface area contributed by atoms with Gasteiger partial charge < -0.3 is 0 Å². The van der Waals surface area contributed by atoms with E-state index in [1.807, 2.05) is 0 Å². The van der Waals surface area contributed by atoms with Crippen molar-refractivity contribution in [2.75, 3.05) is 5.75 Å². The van der Waals surface area contributed by atoms with Gasteiger partial charge in [-0.3, -0.25) is 0 Å². The predicted molar refractivity (Wildman–Crippen MR) is 32.5 cm³/mol. The molecule has 32 valence electrons. The molecule has 0 unspecified atom stereocenters. The van der Waals surface area contributed by atoms with Gasteiger partial charge in [-0.15, -0.1) is 0 Å². The Bertz CT molecular complexity index is 14.4. The highest BCUT2D eigenvalue weighted by Crippen LogP contribution is 1.90. The summed E-state index contributed by atoms with van der Waals surface area (Å²) >= 11 is 2.10. The van der Waals surface area contributed by atoms with Gasteiger partial charge in [0.15, 0.2) is 0 Å². The molecular formula is C3H10SSi. The lowest BCUT2D eigenvalue weighted by atomic mass is 11.0. The van der Waals surface area contributed by atoms with Crippen molar-refractivity contribution in [2.24, 2.45) is 0 Å². The van der Waals surface area contributed by atoms with Crippen LogP contribution in [0.4, 0.5) is 0 Å². The van der Waals surface area contributed by atoms with Crippen molar-refractivity contribution in [3.05, 3.63) is 0 Å². The molecule has 0 aromatic carbocycles. The molecule has 0 saturated carbocycles. The van der Waals surface area contributed by atoms with Crippen molar-refractivity contribution in [3.63, 3.8) is 0 Å². The molecule has 0 aromatic heterocycles. The van der Waals surface area contributed by atoms with Crippen molar-refractivity contribution in [1.29, 1.82) is 0 Å². The van der Waals surface area contributed by atoms with E-state index in [1.165, 1.54) is 5.75 Å². The molecule has 0 bridgehead atoms. The molecule has 0 heterocycles. The summed E-state index contributed by atoms with van der Waals surface area (Å²) in [5.74, 6) is 1.32. The lowest BCUT2D eigenvalue weighted by Gasteiger charge is -1.79. The first-order valence-electron chi connectivity index (χ1n) is 1.99. The van der Waals surface area contributed by atoms with Crippen LogP contribution < -0.4 is 0 Å². The summed E-state index contributed by atoms with van der Waals surface area (Å²) in [6.45, 7) is 4.52. The Hall–Kier alpha value is 0.567. The van der Waals surface area contributed by atoms with Gasteiger partial charge in [-0.05, 0) is 5.75 Å². The average Bonchev–Trinajstić information content (AvgIpc) is 1.41. The van der Waals surface area contributed by atoms with Gasteiger partial charge in [-0.1, -0.05) is 13.5 Å². The van der Waals surface area contributed by atoms with Crippen LogP contribution in [0.25, 0.3) is 0 Å². The lowest BCUT2D eigenvalue weighted by molar-refractivity contribution is 1.54. The Labute approximate surface area is 39.8 Å². The summed E-state index contributed by atoms with van der Waals surface area (Å²) < 4.78 is 0. The number of hydrogen-bond acceptors (Lipinski definition) is 1. The van der Waals surface area contributed by atoms with Crippen LogP contribution in [0.1, 0.15) is 6.92 Å². The molecule has 0 spiro atoms. The van der Waals surface area contributed by atoms with Crippen molar-refractivity contribution in [2.45, 2.75) is 13.5 Å². The van der Waals surface area contributed by atoms with E-state index in [0.29, 0.717) is 8.67 Å². The second-order valence-corrected chi connectivity index (χ2v) is 5.30. The van der Waals surface area contributed by atoms with Crippen LogP contribution in [0.5, 0.6) is 0 Å². The molecule has 0 N–H and O–H groups in total. The minimum atomic E-state index is 0.331. The SMILES string of the molecule is CCS[SiH2]C. The maximum absolute atomic E-state index is 2.31. The van der Waals surface area contributed by atoms with Crippen LogP contribution in [0.2, 0.25) is 6.55 Å². The largest absolute Gasteiger partial charge is 0.194 e.